The summed E-state index contributed by atoms with van der Waals surface area (Å²) in [5, 5.41) is 9.05. The second-order valence-electron chi connectivity index (χ2n) is 2.89. The third-order valence-electron chi connectivity index (χ3n) is 1.86. The Balaban J connectivity index is 3.06. The monoisotopic (exact) mass is 265 g/mol. The van der Waals surface area contributed by atoms with E-state index in [4.69, 9.17) is 10.8 Å². The Bertz CT molecular complexity index is 344. The summed E-state index contributed by atoms with van der Waals surface area (Å²) in [6.45, 7) is 0.416. The van der Waals surface area contributed by atoms with E-state index in [9.17, 15) is 8.78 Å². The summed E-state index contributed by atoms with van der Waals surface area (Å²) < 4.78 is 26.3. The predicted octanol–water partition coefficient (Wildman–Crippen LogP) is 2.32. The number of aromatic hydroxyl groups is 1. The van der Waals surface area contributed by atoms with Crippen LogP contribution in [0.15, 0.2) is 10.5 Å². The van der Waals surface area contributed by atoms with Gasteiger partial charge in [0, 0.05) is 0 Å². The van der Waals surface area contributed by atoms with Crippen molar-refractivity contribution in [1.82, 2.24) is 0 Å². The molecule has 0 amide bonds. The van der Waals surface area contributed by atoms with Gasteiger partial charge in [0.25, 0.3) is 0 Å². The highest BCUT2D eigenvalue weighted by Gasteiger charge is 2.15. The van der Waals surface area contributed by atoms with Crippen LogP contribution in [0.2, 0.25) is 0 Å². The van der Waals surface area contributed by atoms with E-state index in [1.165, 1.54) is 6.07 Å². The molecule has 1 aromatic rings. The van der Waals surface area contributed by atoms with Gasteiger partial charge in [-0.15, -0.1) is 0 Å². The number of phenols is 1. The second-order valence-corrected chi connectivity index (χ2v) is 3.74. The molecule has 0 heterocycles. The first-order chi connectivity index (χ1) is 6.57. The molecule has 0 aliphatic carbocycles. The summed E-state index contributed by atoms with van der Waals surface area (Å²) in [5.41, 5.74) is 5.48. The zero-order chi connectivity index (χ0) is 10.7. The molecular weight excluding hydrogens is 256 g/mol. The van der Waals surface area contributed by atoms with Crippen molar-refractivity contribution in [2.24, 2.45) is 5.73 Å². The van der Waals surface area contributed by atoms with Gasteiger partial charge in [-0.05, 0) is 46.9 Å². The number of hydrogen-bond acceptors (Lipinski definition) is 2. The molecule has 0 radical (unpaired) electrons. The molecule has 0 saturated heterocycles. The Kier molecular flexibility index (Phi) is 3.83. The zero-order valence-electron chi connectivity index (χ0n) is 7.36. The molecule has 0 fully saturated rings. The smallest absolute Gasteiger partial charge is 0.201 e. The SMILES string of the molecule is NCCCc1cc(Br)c(O)c(F)c1F. The largest absolute Gasteiger partial charge is 0.504 e. The number of phenolic OH excluding ortho intramolecular Hbond substituents is 1. The number of benzene rings is 1. The summed E-state index contributed by atoms with van der Waals surface area (Å²) in [7, 11) is 0. The number of halogens is 3. The first-order valence-corrected chi connectivity index (χ1v) is 4.92. The molecule has 0 aliphatic heterocycles. The van der Waals surface area contributed by atoms with E-state index in [-0.39, 0.29) is 10.0 Å². The molecule has 0 atom stereocenters. The molecule has 0 aromatic heterocycles. The van der Waals surface area contributed by atoms with Crippen molar-refractivity contribution in [3.05, 3.63) is 27.7 Å². The van der Waals surface area contributed by atoms with Crippen molar-refractivity contribution in [1.29, 1.82) is 0 Å². The minimum Gasteiger partial charge on any atom is -0.504 e. The lowest BCUT2D eigenvalue weighted by molar-refractivity contribution is 0.400. The Morgan fingerprint density at radius 3 is 2.57 bits per heavy atom. The van der Waals surface area contributed by atoms with E-state index in [0.717, 1.165) is 0 Å². The Morgan fingerprint density at radius 1 is 1.36 bits per heavy atom. The lowest BCUT2D eigenvalue weighted by atomic mass is 10.1. The average molecular weight is 266 g/mol. The van der Waals surface area contributed by atoms with E-state index < -0.39 is 17.4 Å². The quantitative estimate of drug-likeness (QED) is 0.825. The van der Waals surface area contributed by atoms with Crippen LogP contribution in [0.1, 0.15) is 12.0 Å². The van der Waals surface area contributed by atoms with E-state index in [1.54, 1.807) is 0 Å². The molecule has 0 unspecified atom stereocenters. The van der Waals surface area contributed by atoms with Crippen LogP contribution in [-0.2, 0) is 6.42 Å². The normalized spacial score (nSPS) is 10.6. The maximum absolute atomic E-state index is 13.2. The van der Waals surface area contributed by atoms with E-state index in [0.29, 0.717) is 19.4 Å². The van der Waals surface area contributed by atoms with Gasteiger partial charge in [0.05, 0.1) is 4.47 Å². The van der Waals surface area contributed by atoms with Crippen LogP contribution in [0.25, 0.3) is 0 Å². The molecule has 2 nitrogen and oxygen atoms in total. The number of aryl methyl sites for hydroxylation is 1. The third-order valence-corrected chi connectivity index (χ3v) is 2.46. The molecule has 5 heteroatoms. The lowest BCUT2D eigenvalue weighted by Crippen LogP contribution is -2.03. The summed E-state index contributed by atoms with van der Waals surface area (Å²) in [4.78, 5) is 0. The fraction of sp³-hybridized carbons (Fsp3) is 0.333. The summed E-state index contributed by atoms with van der Waals surface area (Å²) in [5.74, 6) is -2.91. The summed E-state index contributed by atoms with van der Waals surface area (Å²) in [6, 6.07) is 1.36. The lowest BCUT2D eigenvalue weighted by Gasteiger charge is -2.06. The van der Waals surface area contributed by atoms with E-state index in [1.807, 2.05) is 0 Å². The molecule has 78 valence electrons. The van der Waals surface area contributed by atoms with Gasteiger partial charge in [0.1, 0.15) is 0 Å². The highest BCUT2D eigenvalue weighted by Crippen LogP contribution is 2.31. The molecule has 0 bridgehead atoms. The number of nitrogens with two attached hydrogens (primary N) is 1. The van der Waals surface area contributed by atoms with Gasteiger partial charge in [-0.25, -0.2) is 4.39 Å². The molecule has 1 rings (SSSR count). The second kappa shape index (κ2) is 4.70. The Labute approximate surface area is 88.9 Å². The van der Waals surface area contributed by atoms with Crippen molar-refractivity contribution < 1.29 is 13.9 Å². The van der Waals surface area contributed by atoms with Crippen LogP contribution in [0, 0.1) is 11.6 Å². The van der Waals surface area contributed by atoms with Gasteiger partial charge in [-0.1, -0.05) is 0 Å². The predicted molar refractivity (Wildman–Crippen MR) is 53.1 cm³/mol. The standard InChI is InChI=1S/C9H10BrF2NO/c10-6-4-5(2-1-3-13)7(11)8(12)9(6)14/h4,14H,1-3,13H2. The summed E-state index contributed by atoms with van der Waals surface area (Å²) in [6.07, 6.45) is 0.936. The Morgan fingerprint density at radius 2 is 2.00 bits per heavy atom. The van der Waals surface area contributed by atoms with Crippen LogP contribution in [-0.4, -0.2) is 11.7 Å². The van der Waals surface area contributed by atoms with Crippen LogP contribution < -0.4 is 5.73 Å². The van der Waals surface area contributed by atoms with E-state index in [2.05, 4.69) is 15.9 Å². The van der Waals surface area contributed by atoms with Gasteiger partial charge < -0.3 is 10.8 Å². The van der Waals surface area contributed by atoms with Gasteiger partial charge in [0.2, 0.25) is 5.82 Å². The highest BCUT2D eigenvalue weighted by molar-refractivity contribution is 9.10. The molecule has 14 heavy (non-hydrogen) atoms. The minimum atomic E-state index is -1.22. The average Bonchev–Trinajstić information content (AvgIpc) is 2.18. The van der Waals surface area contributed by atoms with Gasteiger partial charge in [0.15, 0.2) is 11.6 Å². The van der Waals surface area contributed by atoms with Crippen molar-refractivity contribution in [2.45, 2.75) is 12.8 Å². The fourth-order valence-electron chi connectivity index (χ4n) is 1.11. The molecule has 0 spiro atoms. The number of rotatable bonds is 3. The molecule has 1 aromatic carbocycles. The first-order valence-electron chi connectivity index (χ1n) is 4.13. The van der Waals surface area contributed by atoms with Crippen molar-refractivity contribution in [2.75, 3.05) is 6.54 Å². The fourth-order valence-corrected chi connectivity index (χ4v) is 1.56. The van der Waals surface area contributed by atoms with Crippen molar-refractivity contribution in [3.63, 3.8) is 0 Å². The van der Waals surface area contributed by atoms with E-state index >= 15 is 0 Å². The van der Waals surface area contributed by atoms with Crippen molar-refractivity contribution >= 4 is 15.9 Å². The number of hydrogen-bond donors (Lipinski definition) is 2. The molecule has 3 N–H and O–H groups in total. The van der Waals surface area contributed by atoms with Crippen LogP contribution >= 0.6 is 15.9 Å². The third kappa shape index (κ3) is 2.22. The van der Waals surface area contributed by atoms with Crippen LogP contribution in [0.5, 0.6) is 5.75 Å². The zero-order valence-corrected chi connectivity index (χ0v) is 8.94. The maximum atomic E-state index is 13.2. The van der Waals surface area contributed by atoms with Crippen LogP contribution in [0.4, 0.5) is 8.78 Å². The van der Waals surface area contributed by atoms with Crippen molar-refractivity contribution in [3.8, 4) is 5.75 Å². The van der Waals surface area contributed by atoms with Gasteiger partial charge in [-0.3, -0.25) is 0 Å². The topological polar surface area (TPSA) is 46.2 Å². The molecular formula is C9H10BrF2NO. The Hall–Kier alpha value is -0.680. The van der Waals surface area contributed by atoms with Crippen LogP contribution in [0.3, 0.4) is 0 Å². The summed E-state index contributed by atoms with van der Waals surface area (Å²) >= 11 is 2.94. The van der Waals surface area contributed by atoms with Gasteiger partial charge >= 0.3 is 0 Å². The highest BCUT2D eigenvalue weighted by atomic mass is 79.9. The van der Waals surface area contributed by atoms with Gasteiger partial charge in [-0.2, -0.15) is 4.39 Å². The first kappa shape index (κ1) is 11.4. The minimum absolute atomic E-state index is 0.156. The molecule has 0 saturated carbocycles. The molecule has 0 aliphatic rings. The maximum Gasteiger partial charge on any atom is 0.201 e.